The number of aromatic nitrogens is 2. The van der Waals surface area contributed by atoms with Crippen LogP contribution in [0.3, 0.4) is 0 Å². The highest BCUT2D eigenvalue weighted by molar-refractivity contribution is 6.18. The summed E-state index contributed by atoms with van der Waals surface area (Å²) in [7, 11) is 0. The van der Waals surface area contributed by atoms with E-state index in [9.17, 15) is 0 Å². The summed E-state index contributed by atoms with van der Waals surface area (Å²) in [6.45, 7) is 0. The second kappa shape index (κ2) is 13.6. The Morgan fingerprint density at radius 1 is 0.306 bits per heavy atom. The summed E-state index contributed by atoms with van der Waals surface area (Å²) in [6.07, 6.45) is 0. The fourth-order valence-corrected chi connectivity index (χ4v) is 9.86. The molecule has 0 aliphatic heterocycles. The van der Waals surface area contributed by atoms with Gasteiger partial charge >= 0.3 is 0 Å². The Hall–Kier alpha value is -8.34. The zero-order valence-corrected chi connectivity index (χ0v) is 33.6. The smallest absolute Gasteiger partial charge is 0.137 e. The number of rotatable bonds is 6. The maximum absolute atomic E-state index is 6.45. The third kappa shape index (κ3) is 5.27. The van der Waals surface area contributed by atoms with Gasteiger partial charge in [0.15, 0.2) is 0 Å². The highest BCUT2D eigenvalue weighted by atomic mass is 16.3. The lowest BCUT2D eigenvalue weighted by Crippen LogP contribution is -2.09. The van der Waals surface area contributed by atoms with Gasteiger partial charge in [-0.2, -0.15) is 0 Å². The number of para-hydroxylation sites is 4. The van der Waals surface area contributed by atoms with E-state index in [1.54, 1.807) is 0 Å². The minimum atomic E-state index is 0.864. The Bertz CT molecular complexity index is 3850. The standard InChI is InChI=1S/C58H37N3O/c1-2-13-41(14-3-1)60-53-19-9-7-17-48(53)52-36-44(32-35-55(52)60)59(45-31-34-50-49-18-8-11-21-56(49)62-57(50)37-45)42-27-22-38(23-28-42)39-24-29-43(30-25-39)61-54-20-10-6-16-47(54)51-33-26-40-12-4-5-15-46(40)58(51)61/h1-37H. The van der Waals surface area contributed by atoms with Crippen LogP contribution in [0.25, 0.3) is 98.8 Å². The van der Waals surface area contributed by atoms with E-state index < -0.39 is 0 Å². The molecule has 13 aromatic rings. The highest BCUT2D eigenvalue weighted by Gasteiger charge is 2.20. The van der Waals surface area contributed by atoms with Gasteiger partial charge in [-0.3, -0.25) is 0 Å². The molecule has 0 bridgehead atoms. The molecule has 0 atom stereocenters. The summed E-state index contributed by atoms with van der Waals surface area (Å²) in [4.78, 5) is 2.35. The molecule has 0 amide bonds. The van der Waals surface area contributed by atoms with E-state index in [1.807, 2.05) is 12.1 Å². The van der Waals surface area contributed by atoms with E-state index in [0.717, 1.165) is 61.5 Å². The van der Waals surface area contributed by atoms with Crippen molar-refractivity contribution in [2.24, 2.45) is 0 Å². The topological polar surface area (TPSA) is 26.2 Å². The maximum atomic E-state index is 6.45. The minimum Gasteiger partial charge on any atom is -0.456 e. The normalized spacial score (nSPS) is 11.9. The fraction of sp³-hybridized carbons (Fsp3) is 0. The van der Waals surface area contributed by atoms with Crippen molar-refractivity contribution >= 4 is 93.4 Å². The van der Waals surface area contributed by atoms with Crippen molar-refractivity contribution in [1.29, 1.82) is 0 Å². The van der Waals surface area contributed by atoms with Crippen molar-refractivity contribution in [3.05, 3.63) is 224 Å². The highest BCUT2D eigenvalue weighted by Crippen LogP contribution is 2.43. The molecule has 0 aliphatic rings. The van der Waals surface area contributed by atoms with E-state index in [0.29, 0.717) is 0 Å². The van der Waals surface area contributed by atoms with Crippen molar-refractivity contribution in [2.45, 2.75) is 0 Å². The van der Waals surface area contributed by atoms with Crippen molar-refractivity contribution in [3.8, 4) is 22.5 Å². The Morgan fingerprint density at radius 3 is 1.63 bits per heavy atom. The van der Waals surface area contributed by atoms with Crippen LogP contribution in [0.15, 0.2) is 229 Å². The fourth-order valence-electron chi connectivity index (χ4n) is 9.86. The van der Waals surface area contributed by atoms with Crippen LogP contribution in [0.2, 0.25) is 0 Å². The molecule has 3 heterocycles. The molecule has 3 aromatic heterocycles. The summed E-state index contributed by atoms with van der Waals surface area (Å²) in [6, 6.07) is 80.9. The summed E-state index contributed by atoms with van der Waals surface area (Å²) in [5, 5.41) is 9.67. The number of hydrogen-bond acceptors (Lipinski definition) is 2. The van der Waals surface area contributed by atoms with Gasteiger partial charge in [-0.1, -0.05) is 133 Å². The van der Waals surface area contributed by atoms with Crippen molar-refractivity contribution in [1.82, 2.24) is 9.13 Å². The number of fused-ring (bicyclic) bond motifs is 11. The number of benzene rings is 10. The predicted octanol–water partition coefficient (Wildman–Crippen LogP) is 16.1. The van der Waals surface area contributed by atoms with Crippen LogP contribution in [0.4, 0.5) is 17.1 Å². The average Bonchev–Trinajstić information content (AvgIpc) is 4.00. The largest absolute Gasteiger partial charge is 0.456 e. The molecule has 4 heteroatoms. The molecule has 0 unspecified atom stereocenters. The molecule has 10 aromatic carbocycles. The molecule has 0 saturated heterocycles. The molecule has 62 heavy (non-hydrogen) atoms. The van der Waals surface area contributed by atoms with Crippen LogP contribution in [0, 0.1) is 0 Å². The third-order valence-corrected chi connectivity index (χ3v) is 12.7. The Morgan fingerprint density at radius 2 is 0.839 bits per heavy atom. The first kappa shape index (κ1) is 34.5. The van der Waals surface area contributed by atoms with E-state index in [1.165, 1.54) is 54.4 Å². The monoisotopic (exact) mass is 791 g/mol. The predicted molar refractivity (Wildman–Crippen MR) is 260 cm³/mol. The van der Waals surface area contributed by atoms with Gasteiger partial charge in [0.1, 0.15) is 11.2 Å². The lowest BCUT2D eigenvalue weighted by atomic mass is 10.0. The van der Waals surface area contributed by atoms with Gasteiger partial charge in [0.2, 0.25) is 0 Å². The third-order valence-electron chi connectivity index (χ3n) is 12.7. The summed E-state index contributed by atoms with van der Waals surface area (Å²) >= 11 is 0. The molecule has 290 valence electrons. The van der Waals surface area contributed by atoms with E-state index in [-0.39, 0.29) is 0 Å². The molecule has 0 N–H and O–H groups in total. The quantitative estimate of drug-likeness (QED) is 0.168. The van der Waals surface area contributed by atoms with Crippen LogP contribution < -0.4 is 4.90 Å². The second-order valence-corrected chi connectivity index (χ2v) is 16.1. The van der Waals surface area contributed by atoms with Crippen LogP contribution in [0.1, 0.15) is 0 Å². The van der Waals surface area contributed by atoms with Crippen LogP contribution in [0.5, 0.6) is 0 Å². The summed E-state index contributed by atoms with van der Waals surface area (Å²) < 4.78 is 11.2. The van der Waals surface area contributed by atoms with E-state index >= 15 is 0 Å². The van der Waals surface area contributed by atoms with Gasteiger partial charge in [-0.15, -0.1) is 0 Å². The SMILES string of the molecule is c1ccc(-n2c3ccccc3c3cc(N(c4ccc(-c5ccc(-n6c7ccccc7c7ccc8ccccc8c76)cc5)cc4)c4ccc5c(c4)oc4ccccc45)ccc32)cc1. The maximum Gasteiger partial charge on any atom is 0.137 e. The molecule has 0 saturated carbocycles. The minimum absolute atomic E-state index is 0.864. The van der Waals surface area contributed by atoms with Gasteiger partial charge in [-0.05, 0) is 101 Å². The molecule has 0 fully saturated rings. The molecule has 4 nitrogen and oxygen atoms in total. The van der Waals surface area contributed by atoms with Crippen LogP contribution in [-0.2, 0) is 0 Å². The number of hydrogen-bond donors (Lipinski definition) is 0. The number of anilines is 3. The average molecular weight is 792 g/mol. The van der Waals surface area contributed by atoms with E-state index in [2.05, 4.69) is 226 Å². The number of furan rings is 1. The van der Waals surface area contributed by atoms with Gasteiger partial charge in [-0.25, -0.2) is 0 Å². The van der Waals surface area contributed by atoms with Gasteiger partial charge in [0, 0.05) is 72.2 Å². The van der Waals surface area contributed by atoms with Crippen molar-refractivity contribution in [2.75, 3.05) is 4.90 Å². The first-order valence-electron chi connectivity index (χ1n) is 21.2. The van der Waals surface area contributed by atoms with Crippen LogP contribution >= 0.6 is 0 Å². The molecular weight excluding hydrogens is 755 g/mol. The van der Waals surface area contributed by atoms with E-state index in [4.69, 9.17) is 4.42 Å². The zero-order valence-electron chi connectivity index (χ0n) is 33.6. The lowest BCUT2D eigenvalue weighted by molar-refractivity contribution is 0.669. The molecule has 0 radical (unpaired) electrons. The molecular formula is C58H37N3O. The number of nitrogens with zero attached hydrogens (tertiary/aromatic N) is 3. The molecule has 0 aliphatic carbocycles. The van der Waals surface area contributed by atoms with Crippen molar-refractivity contribution < 1.29 is 4.42 Å². The summed E-state index contributed by atoms with van der Waals surface area (Å²) in [5.41, 5.74) is 14.3. The first-order valence-corrected chi connectivity index (χ1v) is 21.2. The molecule has 0 spiro atoms. The zero-order chi connectivity index (χ0) is 40.7. The Kier molecular flexibility index (Phi) is 7.57. The van der Waals surface area contributed by atoms with Gasteiger partial charge < -0.3 is 18.5 Å². The first-order chi connectivity index (χ1) is 30.7. The lowest BCUT2D eigenvalue weighted by Gasteiger charge is -2.26. The van der Waals surface area contributed by atoms with Gasteiger partial charge in [0.25, 0.3) is 0 Å². The van der Waals surface area contributed by atoms with Crippen molar-refractivity contribution in [3.63, 3.8) is 0 Å². The second-order valence-electron chi connectivity index (χ2n) is 16.1. The Labute approximate surface area is 357 Å². The Balaban J connectivity index is 0.929. The van der Waals surface area contributed by atoms with Crippen LogP contribution in [-0.4, -0.2) is 9.13 Å². The van der Waals surface area contributed by atoms with Gasteiger partial charge in [0.05, 0.1) is 22.1 Å². The summed E-state index contributed by atoms with van der Waals surface area (Å²) in [5.74, 6) is 0. The molecule has 13 rings (SSSR count).